The number of halogens is 3. The zero-order valence-corrected chi connectivity index (χ0v) is 8.81. The molecule has 1 aromatic carbocycles. The number of benzene rings is 1. The van der Waals surface area contributed by atoms with Gasteiger partial charge < -0.3 is 0 Å². The number of nitrogens with zero attached hydrogens (tertiary/aromatic N) is 4. The average Bonchev–Trinajstić information content (AvgIpc) is 3.00. The Bertz CT molecular complexity index is 570. The summed E-state index contributed by atoms with van der Waals surface area (Å²) in [6.07, 6.45) is -3.73. The lowest BCUT2D eigenvalue weighted by Gasteiger charge is -1.98. The van der Waals surface area contributed by atoms with Crippen molar-refractivity contribution in [2.45, 2.75) is 6.18 Å². The van der Waals surface area contributed by atoms with Crippen LogP contribution < -0.4 is 0 Å². The normalized spacial score (nSPS) is 11.1. The van der Waals surface area contributed by atoms with Crippen LogP contribution >= 0.6 is 0 Å². The van der Waals surface area contributed by atoms with Crippen LogP contribution in [0.15, 0.2) is 30.5 Å². The molecule has 0 saturated heterocycles. The molecule has 0 amide bonds. The van der Waals surface area contributed by atoms with Crippen LogP contribution in [0.25, 0.3) is 11.0 Å². The molecule has 18 heavy (non-hydrogen) atoms. The number of aromatic amines is 2. The molecule has 0 fully saturated rings. The zero-order chi connectivity index (χ0) is 13.0. The average molecular weight is 256 g/mol. The summed E-state index contributed by atoms with van der Waals surface area (Å²) < 4.78 is 34.5. The van der Waals surface area contributed by atoms with Gasteiger partial charge in [-0.05, 0) is 12.1 Å². The predicted molar refractivity (Wildman–Crippen MR) is 55.3 cm³/mol. The number of aromatic nitrogens is 6. The number of fused-ring (bicyclic) bond motifs is 1. The van der Waals surface area contributed by atoms with E-state index in [1.54, 1.807) is 5.10 Å². The fraction of sp³-hybridized carbons (Fsp3) is 0.111. The highest BCUT2D eigenvalue weighted by molar-refractivity contribution is 5.72. The molecule has 0 bridgehead atoms. The smallest absolute Gasteiger partial charge is 0.258 e. The van der Waals surface area contributed by atoms with E-state index in [9.17, 15) is 13.2 Å². The predicted octanol–water partition coefficient (Wildman–Crippen LogP) is 1.78. The molecule has 2 N–H and O–H groups in total. The maximum absolute atomic E-state index is 11.5. The molecule has 0 aliphatic carbocycles. The lowest BCUT2D eigenvalue weighted by atomic mass is 10.3. The minimum absolute atomic E-state index is 0.625. The molecule has 6 nitrogen and oxygen atoms in total. The Kier molecular flexibility index (Phi) is 3.22. The van der Waals surface area contributed by atoms with Crippen molar-refractivity contribution in [1.82, 2.24) is 30.8 Å². The van der Waals surface area contributed by atoms with Crippen LogP contribution in [0.3, 0.4) is 0 Å². The molecule has 0 saturated carbocycles. The molecule has 0 aliphatic heterocycles. The minimum atomic E-state index is -4.36. The van der Waals surface area contributed by atoms with Gasteiger partial charge in [0, 0.05) is 0 Å². The molecule has 3 aromatic rings. The molecule has 2 heterocycles. The lowest BCUT2D eigenvalue weighted by molar-refractivity contribution is -0.141. The van der Waals surface area contributed by atoms with Crippen LogP contribution in [0.2, 0.25) is 0 Å². The van der Waals surface area contributed by atoms with Crippen molar-refractivity contribution in [3.63, 3.8) is 0 Å². The Hall–Kier alpha value is -2.45. The second kappa shape index (κ2) is 4.82. The monoisotopic (exact) mass is 256 g/mol. The Morgan fingerprint density at radius 2 is 1.78 bits per heavy atom. The Morgan fingerprint density at radius 3 is 2.33 bits per heavy atom. The van der Waals surface area contributed by atoms with Gasteiger partial charge in [-0.2, -0.15) is 13.2 Å². The second-order valence-corrected chi connectivity index (χ2v) is 3.20. The van der Waals surface area contributed by atoms with Gasteiger partial charge in [0.25, 0.3) is 0 Å². The largest absolute Gasteiger partial charge is 0.434 e. The summed E-state index contributed by atoms with van der Waals surface area (Å²) in [6.45, 7) is 0. The van der Waals surface area contributed by atoms with Gasteiger partial charge in [-0.1, -0.05) is 22.6 Å². The molecule has 3 rings (SSSR count). The molecule has 0 atom stereocenters. The Labute approximate surface area is 98.2 Å². The molecular formula is C9H7F3N6. The lowest BCUT2D eigenvalue weighted by Crippen LogP contribution is -2.04. The van der Waals surface area contributed by atoms with Gasteiger partial charge in [0.1, 0.15) is 5.52 Å². The molecule has 0 unspecified atom stereocenters. The van der Waals surface area contributed by atoms with Gasteiger partial charge in [0.2, 0.25) is 0 Å². The van der Waals surface area contributed by atoms with Crippen LogP contribution in [0.5, 0.6) is 0 Å². The van der Waals surface area contributed by atoms with E-state index in [-0.39, 0.29) is 0 Å². The standard InChI is InChI=1S/C6H5N3.C3H2F3N3/c1-2-4-6-5(3-1)7-9-8-6;4-3(5,6)2-1-7-9-8-2/h1-4H,(H,7,8,9);1H,(H,7,8,9). The van der Waals surface area contributed by atoms with Crippen molar-refractivity contribution >= 4 is 11.0 Å². The van der Waals surface area contributed by atoms with Crippen LogP contribution in [0.4, 0.5) is 13.2 Å². The number of H-pyrrole nitrogens is 2. The van der Waals surface area contributed by atoms with E-state index in [1.165, 1.54) is 0 Å². The molecule has 0 spiro atoms. The minimum Gasteiger partial charge on any atom is -0.258 e. The Morgan fingerprint density at radius 1 is 1.00 bits per heavy atom. The Balaban J connectivity index is 0.000000134. The van der Waals surface area contributed by atoms with Gasteiger partial charge in [-0.25, -0.2) is 0 Å². The summed E-state index contributed by atoms with van der Waals surface area (Å²) in [4.78, 5) is 0. The third kappa shape index (κ3) is 2.81. The molecular weight excluding hydrogens is 249 g/mol. The van der Waals surface area contributed by atoms with Crippen molar-refractivity contribution in [2.24, 2.45) is 0 Å². The van der Waals surface area contributed by atoms with Crippen LogP contribution in [-0.2, 0) is 6.18 Å². The third-order valence-electron chi connectivity index (χ3n) is 1.95. The summed E-state index contributed by atoms with van der Waals surface area (Å²) >= 11 is 0. The number of nitrogens with one attached hydrogen (secondary N) is 2. The van der Waals surface area contributed by atoms with E-state index < -0.39 is 11.9 Å². The summed E-state index contributed by atoms with van der Waals surface area (Å²) in [5.41, 5.74) is 0.970. The van der Waals surface area contributed by atoms with Gasteiger partial charge in [-0.3, -0.25) is 10.2 Å². The van der Waals surface area contributed by atoms with Gasteiger partial charge >= 0.3 is 6.18 Å². The number of para-hydroxylation sites is 1. The molecule has 0 aliphatic rings. The fourth-order valence-electron chi connectivity index (χ4n) is 1.12. The summed E-state index contributed by atoms with van der Waals surface area (Å²) in [5.74, 6) is 0. The highest BCUT2D eigenvalue weighted by atomic mass is 19.4. The van der Waals surface area contributed by atoms with Gasteiger partial charge in [0.15, 0.2) is 5.69 Å². The van der Waals surface area contributed by atoms with E-state index in [1.807, 2.05) is 24.3 Å². The van der Waals surface area contributed by atoms with E-state index in [4.69, 9.17) is 0 Å². The first kappa shape index (κ1) is 12.0. The fourth-order valence-corrected chi connectivity index (χ4v) is 1.12. The van der Waals surface area contributed by atoms with E-state index >= 15 is 0 Å². The number of alkyl halides is 3. The van der Waals surface area contributed by atoms with Crippen LogP contribution in [0, 0.1) is 0 Å². The molecule has 2 aromatic heterocycles. The van der Waals surface area contributed by atoms with Crippen LogP contribution in [-0.4, -0.2) is 30.8 Å². The number of hydrogen-bond donors (Lipinski definition) is 2. The van der Waals surface area contributed by atoms with Crippen molar-refractivity contribution < 1.29 is 13.2 Å². The first-order chi connectivity index (χ1) is 8.57. The van der Waals surface area contributed by atoms with E-state index in [0.29, 0.717) is 6.20 Å². The summed E-state index contributed by atoms with van der Waals surface area (Å²) in [6, 6.07) is 7.74. The highest BCUT2D eigenvalue weighted by Gasteiger charge is 2.32. The van der Waals surface area contributed by atoms with Crippen molar-refractivity contribution in [3.8, 4) is 0 Å². The maximum atomic E-state index is 11.5. The maximum Gasteiger partial charge on any atom is 0.434 e. The molecule has 0 radical (unpaired) electrons. The van der Waals surface area contributed by atoms with Crippen molar-refractivity contribution in [2.75, 3.05) is 0 Å². The zero-order valence-electron chi connectivity index (χ0n) is 8.81. The van der Waals surface area contributed by atoms with E-state index in [2.05, 4.69) is 25.7 Å². The number of hydrogen-bond acceptors (Lipinski definition) is 4. The summed E-state index contributed by atoms with van der Waals surface area (Å²) in [5, 5.41) is 17.7. The second-order valence-electron chi connectivity index (χ2n) is 3.20. The third-order valence-corrected chi connectivity index (χ3v) is 1.95. The van der Waals surface area contributed by atoms with Gasteiger partial charge in [0.05, 0.1) is 11.7 Å². The van der Waals surface area contributed by atoms with Crippen molar-refractivity contribution in [3.05, 3.63) is 36.2 Å². The topological polar surface area (TPSA) is 83.1 Å². The molecule has 94 valence electrons. The van der Waals surface area contributed by atoms with Crippen molar-refractivity contribution in [1.29, 1.82) is 0 Å². The highest BCUT2D eigenvalue weighted by Crippen LogP contribution is 2.25. The quantitative estimate of drug-likeness (QED) is 0.642. The SMILES string of the molecule is FC(F)(F)c1cnn[nH]1.c1ccc2[nH]nnc2c1. The van der Waals surface area contributed by atoms with E-state index in [0.717, 1.165) is 11.0 Å². The number of rotatable bonds is 0. The molecule has 9 heteroatoms. The van der Waals surface area contributed by atoms with Crippen LogP contribution in [0.1, 0.15) is 5.69 Å². The first-order valence-electron chi connectivity index (χ1n) is 4.76. The first-order valence-corrected chi connectivity index (χ1v) is 4.76. The summed E-state index contributed by atoms with van der Waals surface area (Å²) in [7, 11) is 0. The van der Waals surface area contributed by atoms with Gasteiger partial charge in [-0.15, -0.1) is 10.2 Å².